The molecule has 0 aliphatic heterocycles. The standard InChI is InChI=1S/C13H16O3/c1-2-16-12-9-7-11(8-10-12)5-3-4-6-13(14)15/h3,5,7-10H,2,4,6H2,1H3,(H,14,15). The Kier molecular flexibility index (Phi) is 5.12. The lowest BCUT2D eigenvalue weighted by molar-refractivity contribution is -0.136. The molecule has 1 aromatic rings. The van der Waals surface area contributed by atoms with Crippen molar-refractivity contribution >= 4 is 12.0 Å². The van der Waals surface area contributed by atoms with Gasteiger partial charge < -0.3 is 9.84 Å². The average molecular weight is 220 g/mol. The van der Waals surface area contributed by atoms with Crippen molar-refractivity contribution in [2.75, 3.05) is 6.61 Å². The molecule has 1 rings (SSSR count). The molecule has 0 fully saturated rings. The summed E-state index contributed by atoms with van der Waals surface area (Å²) < 4.78 is 5.32. The maximum absolute atomic E-state index is 10.3. The molecule has 0 bridgehead atoms. The molecule has 1 aromatic carbocycles. The van der Waals surface area contributed by atoms with E-state index in [9.17, 15) is 4.79 Å². The fraction of sp³-hybridized carbons (Fsp3) is 0.308. The Balaban J connectivity index is 2.45. The third-order valence-corrected chi connectivity index (χ3v) is 2.03. The molecule has 0 saturated carbocycles. The van der Waals surface area contributed by atoms with Crippen LogP contribution in [-0.2, 0) is 4.79 Å². The van der Waals surface area contributed by atoms with E-state index in [2.05, 4.69) is 0 Å². The Morgan fingerprint density at radius 3 is 2.62 bits per heavy atom. The van der Waals surface area contributed by atoms with Crippen molar-refractivity contribution in [3.8, 4) is 5.75 Å². The smallest absolute Gasteiger partial charge is 0.303 e. The number of benzene rings is 1. The fourth-order valence-corrected chi connectivity index (χ4v) is 1.27. The van der Waals surface area contributed by atoms with Gasteiger partial charge >= 0.3 is 5.97 Å². The highest BCUT2D eigenvalue weighted by Gasteiger charge is 1.93. The van der Waals surface area contributed by atoms with Crippen LogP contribution in [0.25, 0.3) is 6.08 Å². The highest BCUT2D eigenvalue weighted by molar-refractivity contribution is 5.67. The number of rotatable bonds is 6. The van der Waals surface area contributed by atoms with Crippen molar-refractivity contribution in [3.05, 3.63) is 35.9 Å². The van der Waals surface area contributed by atoms with Gasteiger partial charge in [-0.15, -0.1) is 0 Å². The predicted molar refractivity (Wildman–Crippen MR) is 63.5 cm³/mol. The minimum Gasteiger partial charge on any atom is -0.494 e. The van der Waals surface area contributed by atoms with Gasteiger partial charge in [0.1, 0.15) is 5.75 Å². The van der Waals surface area contributed by atoms with Crippen LogP contribution in [-0.4, -0.2) is 17.7 Å². The molecule has 0 unspecified atom stereocenters. The largest absolute Gasteiger partial charge is 0.494 e. The molecule has 3 nitrogen and oxygen atoms in total. The van der Waals surface area contributed by atoms with Crippen LogP contribution >= 0.6 is 0 Å². The summed E-state index contributed by atoms with van der Waals surface area (Å²) in [5.74, 6) is 0.0847. The van der Waals surface area contributed by atoms with Gasteiger partial charge in [0.25, 0.3) is 0 Å². The maximum atomic E-state index is 10.3. The van der Waals surface area contributed by atoms with Gasteiger partial charge in [-0.3, -0.25) is 4.79 Å². The van der Waals surface area contributed by atoms with Crippen molar-refractivity contribution in [1.82, 2.24) is 0 Å². The van der Waals surface area contributed by atoms with E-state index in [-0.39, 0.29) is 6.42 Å². The summed E-state index contributed by atoms with van der Waals surface area (Å²) in [4.78, 5) is 10.3. The van der Waals surface area contributed by atoms with Crippen molar-refractivity contribution in [3.63, 3.8) is 0 Å². The molecule has 3 heteroatoms. The van der Waals surface area contributed by atoms with Crippen molar-refractivity contribution in [1.29, 1.82) is 0 Å². The molecule has 0 spiro atoms. The number of aliphatic carboxylic acids is 1. The Labute approximate surface area is 95.4 Å². The average Bonchev–Trinajstić information content (AvgIpc) is 2.27. The molecule has 0 atom stereocenters. The van der Waals surface area contributed by atoms with Gasteiger partial charge in [0.05, 0.1) is 6.61 Å². The molecular weight excluding hydrogens is 204 g/mol. The lowest BCUT2D eigenvalue weighted by Gasteiger charge is -2.02. The zero-order chi connectivity index (χ0) is 11.8. The number of hydrogen-bond donors (Lipinski definition) is 1. The molecule has 0 heterocycles. The first-order valence-electron chi connectivity index (χ1n) is 5.33. The third-order valence-electron chi connectivity index (χ3n) is 2.03. The number of allylic oxidation sites excluding steroid dienone is 1. The number of ether oxygens (including phenoxy) is 1. The van der Waals surface area contributed by atoms with E-state index >= 15 is 0 Å². The monoisotopic (exact) mass is 220 g/mol. The Hall–Kier alpha value is -1.77. The van der Waals surface area contributed by atoms with Crippen LogP contribution in [0.15, 0.2) is 30.3 Å². The maximum Gasteiger partial charge on any atom is 0.303 e. The summed E-state index contributed by atoms with van der Waals surface area (Å²) >= 11 is 0. The molecule has 86 valence electrons. The molecule has 0 radical (unpaired) electrons. The SMILES string of the molecule is CCOc1ccc(C=CCCC(=O)O)cc1. The lowest BCUT2D eigenvalue weighted by Crippen LogP contribution is -1.91. The van der Waals surface area contributed by atoms with Gasteiger partial charge in [-0.25, -0.2) is 0 Å². The summed E-state index contributed by atoms with van der Waals surface area (Å²) in [6, 6.07) is 7.70. The Morgan fingerprint density at radius 2 is 2.06 bits per heavy atom. The van der Waals surface area contributed by atoms with E-state index in [4.69, 9.17) is 9.84 Å². The van der Waals surface area contributed by atoms with E-state index in [0.29, 0.717) is 13.0 Å². The second kappa shape index (κ2) is 6.67. The van der Waals surface area contributed by atoms with E-state index in [1.54, 1.807) is 0 Å². The van der Waals surface area contributed by atoms with Gasteiger partial charge in [0, 0.05) is 6.42 Å². The van der Waals surface area contributed by atoms with Gasteiger partial charge in [-0.05, 0) is 31.0 Å². The summed E-state index contributed by atoms with van der Waals surface area (Å²) in [5, 5.41) is 8.46. The van der Waals surface area contributed by atoms with Crippen LogP contribution in [0.3, 0.4) is 0 Å². The van der Waals surface area contributed by atoms with E-state index in [0.717, 1.165) is 11.3 Å². The van der Waals surface area contributed by atoms with Crippen LogP contribution in [0.1, 0.15) is 25.3 Å². The van der Waals surface area contributed by atoms with E-state index in [1.165, 1.54) is 0 Å². The highest BCUT2D eigenvalue weighted by Crippen LogP contribution is 2.13. The van der Waals surface area contributed by atoms with Crippen LogP contribution in [0.2, 0.25) is 0 Å². The lowest BCUT2D eigenvalue weighted by atomic mass is 10.2. The Bertz CT molecular complexity index is 352. The third kappa shape index (κ3) is 4.64. The van der Waals surface area contributed by atoms with Crippen LogP contribution in [0.5, 0.6) is 5.75 Å². The zero-order valence-electron chi connectivity index (χ0n) is 9.35. The molecule has 0 aliphatic carbocycles. The van der Waals surface area contributed by atoms with Gasteiger partial charge in [0.2, 0.25) is 0 Å². The first-order valence-corrected chi connectivity index (χ1v) is 5.33. The number of carboxylic acids is 1. The number of carbonyl (C=O) groups is 1. The molecule has 1 N–H and O–H groups in total. The summed E-state index contributed by atoms with van der Waals surface area (Å²) in [7, 11) is 0. The van der Waals surface area contributed by atoms with Crippen molar-refractivity contribution < 1.29 is 14.6 Å². The van der Waals surface area contributed by atoms with Crippen molar-refractivity contribution in [2.24, 2.45) is 0 Å². The molecule has 0 aliphatic rings. The molecule has 0 aromatic heterocycles. The van der Waals surface area contributed by atoms with Crippen LogP contribution < -0.4 is 4.74 Å². The van der Waals surface area contributed by atoms with E-state index < -0.39 is 5.97 Å². The van der Waals surface area contributed by atoms with Crippen LogP contribution in [0, 0.1) is 0 Å². The molecule has 0 saturated heterocycles. The van der Waals surface area contributed by atoms with E-state index in [1.807, 2.05) is 43.3 Å². The highest BCUT2D eigenvalue weighted by atomic mass is 16.5. The zero-order valence-corrected chi connectivity index (χ0v) is 9.35. The molecular formula is C13H16O3. The first kappa shape index (κ1) is 12.3. The topological polar surface area (TPSA) is 46.5 Å². The molecule has 16 heavy (non-hydrogen) atoms. The normalized spacial score (nSPS) is 10.6. The Morgan fingerprint density at radius 1 is 1.38 bits per heavy atom. The van der Waals surface area contributed by atoms with Gasteiger partial charge in [0.15, 0.2) is 0 Å². The molecule has 0 amide bonds. The minimum atomic E-state index is -0.767. The fourth-order valence-electron chi connectivity index (χ4n) is 1.27. The van der Waals surface area contributed by atoms with Gasteiger partial charge in [-0.1, -0.05) is 24.3 Å². The summed E-state index contributed by atoms with van der Waals surface area (Å²) in [5.41, 5.74) is 1.05. The summed E-state index contributed by atoms with van der Waals surface area (Å²) in [6.45, 7) is 2.60. The number of hydrogen-bond acceptors (Lipinski definition) is 2. The minimum absolute atomic E-state index is 0.174. The quantitative estimate of drug-likeness (QED) is 0.801. The predicted octanol–water partition coefficient (Wildman–Crippen LogP) is 2.96. The van der Waals surface area contributed by atoms with Crippen LogP contribution in [0.4, 0.5) is 0 Å². The first-order chi connectivity index (χ1) is 7.72. The second-order valence-electron chi connectivity index (χ2n) is 3.34. The second-order valence-corrected chi connectivity index (χ2v) is 3.34. The summed E-state index contributed by atoms with van der Waals surface area (Å²) in [6.07, 6.45) is 4.51. The van der Waals surface area contributed by atoms with Gasteiger partial charge in [-0.2, -0.15) is 0 Å². The number of carboxylic acid groups (broad SMARTS) is 1. The van der Waals surface area contributed by atoms with Crippen molar-refractivity contribution in [2.45, 2.75) is 19.8 Å².